The minimum atomic E-state index is 0.795. The number of nitrogens with one attached hydrogen (secondary N) is 1. The quantitative estimate of drug-likeness (QED) is 0.792. The molecule has 3 heteroatoms. The predicted molar refractivity (Wildman–Crippen MR) is 80.5 cm³/mol. The van der Waals surface area contributed by atoms with E-state index in [1.807, 2.05) is 0 Å². The zero-order chi connectivity index (χ0) is 13.1. The van der Waals surface area contributed by atoms with E-state index in [2.05, 4.69) is 22.0 Å². The van der Waals surface area contributed by atoms with Crippen LogP contribution in [0.1, 0.15) is 45.4 Å². The number of piperidine rings is 1. The molecule has 110 valence electrons. The van der Waals surface area contributed by atoms with Gasteiger partial charge in [-0.1, -0.05) is 6.92 Å². The monoisotopic (exact) mass is 265 g/mol. The van der Waals surface area contributed by atoms with E-state index in [-0.39, 0.29) is 0 Å². The molecule has 0 aromatic rings. The SMILES string of the molecule is CCCN1CCC(NCC2CCN(C3CC3)C2)CC1. The van der Waals surface area contributed by atoms with Gasteiger partial charge >= 0.3 is 0 Å². The second-order valence-corrected chi connectivity index (χ2v) is 6.90. The zero-order valence-corrected chi connectivity index (χ0v) is 12.6. The van der Waals surface area contributed by atoms with Crippen molar-refractivity contribution in [2.45, 2.75) is 57.5 Å². The molecule has 1 aliphatic carbocycles. The first-order chi connectivity index (χ1) is 9.35. The highest BCUT2D eigenvalue weighted by Gasteiger charge is 2.34. The number of hydrogen-bond acceptors (Lipinski definition) is 3. The smallest absolute Gasteiger partial charge is 0.00965 e. The second-order valence-electron chi connectivity index (χ2n) is 6.90. The lowest BCUT2D eigenvalue weighted by atomic mass is 10.0. The fraction of sp³-hybridized carbons (Fsp3) is 1.00. The van der Waals surface area contributed by atoms with Crippen LogP contribution in [0, 0.1) is 5.92 Å². The summed E-state index contributed by atoms with van der Waals surface area (Å²) < 4.78 is 0. The summed E-state index contributed by atoms with van der Waals surface area (Å²) in [6.07, 6.45) is 8.39. The first kappa shape index (κ1) is 13.8. The van der Waals surface area contributed by atoms with Crippen molar-refractivity contribution in [3.63, 3.8) is 0 Å². The Balaban J connectivity index is 1.30. The van der Waals surface area contributed by atoms with Gasteiger partial charge in [0.05, 0.1) is 0 Å². The van der Waals surface area contributed by atoms with E-state index >= 15 is 0 Å². The Bertz CT molecular complexity index is 269. The predicted octanol–water partition coefficient (Wildman–Crippen LogP) is 1.93. The highest BCUT2D eigenvalue weighted by atomic mass is 15.2. The van der Waals surface area contributed by atoms with E-state index in [0.717, 1.165) is 18.0 Å². The Morgan fingerprint density at radius 2 is 1.79 bits per heavy atom. The summed E-state index contributed by atoms with van der Waals surface area (Å²) in [5.41, 5.74) is 0. The lowest BCUT2D eigenvalue weighted by molar-refractivity contribution is 0.194. The van der Waals surface area contributed by atoms with Crippen LogP contribution in [-0.2, 0) is 0 Å². The zero-order valence-electron chi connectivity index (χ0n) is 12.6. The van der Waals surface area contributed by atoms with E-state index in [0.29, 0.717) is 0 Å². The van der Waals surface area contributed by atoms with Crippen molar-refractivity contribution in [1.29, 1.82) is 0 Å². The van der Waals surface area contributed by atoms with Crippen molar-refractivity contribution in [2.75, 3.05) is 39.3 Å². The Morgan fingerprint density at radius 3 is 2.47 bits per heavy atom. The van der Waals surface area contributed by atoms with Gasteiger partial charge < -0.3 is 15.1 Å². The second kappa shape index (κ2) is 6.55. The van der Waals surface area contributed by atoms with Gasteiger partial charge in [-0.2, -0.15) is 0 Å². The summed E-state index contributed by atoms with van der Waals surface area (Å²) in [5.74, 6) is 0.925. The van der Waals surface area contributed by atoms with Crippen LogP contribution in [0.25, 0.3) is 0 Å². The van der Waals surface area contributed by atoms with E-state index in [1.165, 1.54) is 77.8 Å². The number of likely N-dealkylation sites (tertiary alicyclic amines) is 2. The molecule has 3 aliphatic rings. The Kier molecular flexibility index (Phi) is 4.78. The van der Waals surface area contributed by atoms with Gasteiger partial charge in [-0.15, -0.1) is 0 Å². The minimum Gasteiger partial charge on any atom is -0.314 e. The van der Waals surface area contributed by atoms with Crippen LogP contribution in [0.3, 0.4) is 0 Å². The van der Waals surface area contributed by atoms with Crippen LogP contribution < -0.4 is 5.32 Å². The molecule has 2 aliphatic heterocycles. The third kappa shape index (κ3) is 3.93. The summed E-state index contributed by atoms with van der Waals surface area (Å²) in [7, 11) is 0. The normalized spacial score (nSPS) is 31.1. The first-order valence-electron chi connectivity index (χ1n) is 8.55. The molecule has 3 nitrogen and oxygen atoms in total. The average Bonchev–Trinajstić information content (AvgIpc) is 3.18. The van der Waals surface area contributed by atoms with Gasteiger partial charge in [0.1, 0.15) is 0 Å². The minimum absolute atomic E-state index is 0.795. The van der Waals surface area contributed by atoms with Crippen molar-refractivity contribution >= 4 is 0 Å². The van der Waals surface area contributed by atoms with Crippen molar-refractivity contribution in [3.05, 3.63) is 0 Å². The van der Waals surface area contributed by atoms with Crippen LogP contribution in [0.2, 0.25) is 0 Å². The molecule has 0 aromatic carbocycles. The number of hydrogen-bond donors (Lipinski definition) is 1. The van der Waals surface area contributed by atoms with Crippen molar-refractivity contribution in [1.82, 2.24) is 15.1 Å². The van der Waals surface area contributed by atoms with Crippen molar-refractivity contribution in [2.24, 2.45) is 5.92 Å². The molecule has 1 atom stereocenters. The van der Waals surface area contributed by atoms with E-state index in [9.17, 15) is 0 Å². The first-order valence-corrected chi connectivity index (χ1v) is 8.55. The maximum Gasteiger partial charge on any atom is 0.00965 e. The van der Waals surface area contributed by atoms with Gasteiger partial charge in [-0.3, -0.25) is 0 Å². The highest BCUT2D eigenvalue weighted by molar-refractivity contribution is 4.90. The largest absolute Gasteiger partial charge is 0.314 e. The third-order valence-electron chi connectivity index (χ3n) is 5.20. The highest BCUT2D eigenvalue weighted by Crippen LogP contribution is 2.31. The summed E-state index contributed by atoms with van der Waals surface area (Å²) in [5, 5.41) is 3.85. The molecule has 19 heavy (non-hydrogen) atoms. The van der Waals surface area contributed by atoms with E-state index in [4.69, 9.17) is 0 Å². The van der Waals surface area contributed by atoms with Crippen LogP contribution in [-0.4, -0.2) is 61.2 Å². The maximum absolute atomic E-state index is 3.85. The van der Waals surface area contributed by atoms with Crippen LogP contribution in [0.5, 0.6) is 0 Å². The molecule has 2 heterocycles. The van der Waals surface area contributed by atoms with Crippen LogP contribution in [0.15, 0.2) is 0 Å². The Labute approximate surface area is 118 Å². The van der Waals surface area contributed by atoms with Crippen molar-refractivity contribution in [3.8, 4) is 0 Å². The summed E-state index contributed by atoms with van der Waals surface area (Å²) in [6, 6.07) is 1.77. The van der Waals surface area contributed by atoms with Gasteiger partial charge in [-0.05, 0) is 77.2 Å². The fourth-order valence-electron chi connectivity index (χ4n) is 3.81. The van der Waals surface area contributed by atoms with Gasteiger partial charge in [0, 0.05) is 18.6 Å². The van der Waals surface area contributed by atoms with Crippen molar-refractivity contribution < 1.29 is 0 Å². The van der Waals surface area contributed by atoms with E-state index < -0.39 is 0 Å². The van der Waals surface area contributed by atoms with Gasteiger partial charge in [0.15, 0.2) is 0 Å². The Morgan fingerprint density at radius 1 is 1.00 bits per heavy atom. The van der Waals surface area contributed by atoms with Crippen LogP contribution >= 0.6 is 0 Å². The van der Waals surface area contributed by atoms with Crippen LogP contribution in [0.4, 0.5) is 0 Å². The number of nitrogens with zero attached hydrogens (tertiary/aromatic N) is 2. The molecular weight excluding hydrogens is 234 g/mol. The molecule has 1 saturated carbocycles. The standard InChI is InChI=1S/C16H31N3/c1-2-8-18-9-6-15(7-10-18)17-12-14-5-11-19(13-14)16-3-4-16/h14-17H,2-13H2,1H3. The van der Waals surface area contributed by atoms with Gasteiger partial charge in [0.2, 0.25) is 0 Å². The molecule has 0 bridgehead atoms. The van der Waals surface area contributed by atoms with Gasteiger partial charge in [0.25, 0.3) is 0 Å². The summed E-state index contributed by atoms with van der Waals surface area (Å²) in [4.78, 5) is 5.36. The summed E-state index contributed by atoms with van der Waals surface area (Å²) in [6.45, 7) is 10.2. The molecule has 0 spiro atoms. The molecule has 1 N–H and O–H groups in total. The lowest BCUT2D eigenvalue weighted by Gasteiger charge is -2.32. The fourth-order valence-corrected chi connectivity index (χ4v) is 3.81. The van der Waals surface area contributed by atoms with E-state index in [1.54, 1.807) is 0 Å². The third-order valence-corrected chi connectivity index (χ3v) is 5.20. The van der Waals surface area contributed by atoms with Gasteiger partial charge in [-0.25, -0.2) is 0 Å². The molecule has 0 radical (unpaired) electrons. The molecule has 0 amide bonds. The number of rotatable bonds is 6. The molecule has 3 fully saturated rings. The maximum atomic E-state index is 3.85. The molecule has 2 saturated heterocycles. The Hall–Kier alpha value is -0.120. The molecule has 1 unspecified atom stereocenters. The topological polar surface area (TPSA) is 18.5 Å². The lowest BCUT2D eigenvalue weighted by Crippen LogP contribution is -2.44. The summed E-state index contributed by atoms with van der Waals surface area (Å²) >= 11 is 0. The molecule has 3 rings (SSSR count). The molecule has 0 aromatic heterocycles. The average molecular weight is 265 g/mol. The molecular formula is C16H31N3.